The van der Waals surface area contributed by atoms with Crippen LogP contribution in [0.3, 0.4) is 0 Å². The molecule has 0 bridgehead atoms. The van der Waals surface area contributed by atoms with Crippen LogP contribution < -0.4 is 14.8 Å². The summed E-state index contributed by atoms with van der Waals surface area (Å²) in [5.74, 6) is 0.775. The summed E-state index contributed by atoms with van der Waals surface area (Å²) in [6, 6.07) is 5.09. The molecule has 1 aromatic rings. The van der Waals surface area contributed by atoms with E-state index in [1.807, 2.05) is 30.0 Å². The molecule has 2 rings (SSSR count). The number of ether oxygens (including phenoxy) is 3. The normalized spacial score (nSPS) is 17.7. The summed E-state index contributed by atoms with van der Waals surface area (Å²) in [5, 5.41) is 2.82. The number of esters is 1. The first-order valence-electron chi connectivity index (χ1n) is 8.48. The van der Waals surface area contributed by atoms with Crippen LogP contribution in [0.4, 0.5) is 0 Å². The molecule has 0 saturated carbocycles. The van der Waals surface area contributed by atoms with Gasteiger partial charge in [-0.05, 0) is 12.5 Å². The molecule has 1 aromatic carbocycles. The third-order valence-corrected chi connectivity index (χ3v) is 4.13. The van der Waals surface area contributed by atoms with Crippen molar-refractivity contribution in [2.24, 2.45) is 0 Å². The number of benzene rings is 1. The lowest BCUT2D eigenvalue weighted by Crippen LogP contribution is -2.55. The second-order valence-electron chi connectivity index (χ2n) is 5.85. The van der Waals surface area contributed by atoms with Gasteiger partial charge in [0.25, 0.3) is 0 Å². The van der Waals surface area contributed by atoms with Gasteiger partial charge < -0.3 is 19.5 Å². The van der Waals surface area contributed by atoms with E-state index in [1.165, 1.54) is 0 Å². The molecule has 1 atom stereocenters. The van der Waals surface area contributed by atoms with E-state index in [0.717, 1.165) is 12.0 Å². The Balaban J connectivity index is 2.15. The molecule has 7 heteroatoms. The number of para-hydroxylation sites is 1. The van der Waals surface area contributed by atoms with Gasteiger partial charge in [0, 0.05) is 25.2 Å². The Labute approximate surface area is 148 Å². The second-order valence-corrected chi connectivity index (χ2v) is 5.85. The van der Waals surface area contributed by atoms with E-state index >= 15 is 0 Å². The van der Waals surface area contributed by atoms with Crippen molar-refractivity contribution in [2.75, 3.05) is 33.9 Å². The van der Waals surface area contributed by atoms with Crippen LogP contribution in [0.5, 0.6) is 11.5 Å². The van der Waals surface area contributed by atoms with Crippen molar-refractivity contribution in [1.29, 1.82) is 0 Å². The fourth-order valence-corrected chi connectivity index (χ4v) is 2.90. The Morgan fingerprint density at radius 2 is 2.12 bits per heavy atom. The zero-order chi connectivity index (χ0) is 18.2. The molecule has 0 aliphatic carbocycles. The number of nitrogens with zero attached hydrogens (tertiary/aromatic N) is 1. The number of nitrogens with one attached hydrogen (secondary N) is 1. The molecule has 138 valence electrons. The van der Waals surface area contributed by atoms with Gasteiger partial charge in [0.1, 0.15) is 6.04 Å². The van der Waals surface area contributed by atoms with Crippen molar-refractivity contribution >= 4 is 11.9 Å². The fourth-order valence-electron chi connectivity index (χ4n) is 2.90. The molecule has 1 fully saturated rings. The first-order valence-corrected chi connectivity index (χ1v) is 8.48. The Morgan fingerprint density at radius 3 is 2.80 bits per heavy atom. The number of amides is 1. The van der Waals surface area contributed by atoms with Crippen LogP contribution in [0.2, 0.25) is 0 Å². The molecule has 1 saturated heterocycles. The highest BCUT2D eigenvalue weighted by atomic mass is 16.5. The Kier molecular flexibility index (Phi) is 7.06. The van der Waals surface area contributed by atoms with Gasteiger partial charge in [-0.2, -0.15) is 0 Å². The van der Waals surface area contributed by atoms with E-state index in [2.05, 4.69) is 5.32 Å². The maximum atomic E-state index is 12.3. The molecule has 1 aliphatic rings. The number of methoxy groups -OCH3 is 2. The lowest BCUT2D eigenvalue weighted by Gasteiger charge is -2.34. The van der Waals surface area contributed by atoms with Crippen LogP contribution >= 0.6 is 0 Å². The molecule has 1 N–H and O–H groups in total. The van der Waals surface area contributed by atoms with Crippen molar-refractivity contribution in [3.8, 4) is 11.5 Å². The van der Waals surface area contributed by atoms with Crippen LogP contribution in [0.1, 0.15) is 25.3 Å². The minimum atomic E-state index is -0.547. The number of carbonyl (C=O) groups excluding carboxylic acids is 2. The lowest BCUT2D eigenvalue weighted by molar-refractivity contribution is -0.148. The monoisotopic (exact) mass is 350 g/mol. The fraction of sp³-hybridized carbons (Fsp3) is 0.556. The number of hydrogen-bond donors (Lipinski definition) is 1. The van der Waals surface area contributed by atoms with Gasteiger partial charge in [0.05, 0.1) is 27.2 Å². The van der Waals surface area contributed by atoms with Crippen molar-refractivity contribution in [3.63, 3.8) is 0 Å². The Morgan fingerprint density at radius 1 is 1.32 bits per heavy atom. The van der Waals surface area contributed by atoms with Gasteiger partial charge >= 0.3 is 5.97 Å². The van der Waals surface area contributed by atoms with Gasteiger partial charge in [-0.15, -0.1) is 0 Å². The van der Waals surface area contributed by atoms with E-state index in [-0.39, 0.29) is 18.3 Å². The van der Waals surface area contributed by atoms with E-state index < -0.39 is 6.04 Å². The van der Waals surface area contributed by atoms with Crippen LogP contribution in [-0.4, -0.2) is 56.7 Å². The van der Waals surface area contributed by atoms with Crippen LogP contribution in [0, 0.1) is 0 Å². The maximum Gasteiger partial charge on any atom is 0.307 e. The van der Waals surface area contributed by atoms with Gasteiger partial charge in [-0.25, -0.2) is 0 Å². The van der Waals surface area contributed by atoms with E-state index in [1.54, 1.807) is 14.2 Å². The van der Waals surface area contributed by atoms with E-state index in [4.69, 9.17) is 14.2 Å². The molecule has 0 spiro atoms. The highest BCUT2D eigenvalue weighted by Crippen LogP contribution is 2.32. The standard InChI is InChI=1S/C18H26N2O5/c1-4-10-25-16(21)11-14-18(22)19-8-9-20(14)12-13-6-5-7-15(23-2)17(13)24-3/h5-7,14H,4,8-12H2,1-3H3,(H,19,22)/t14-/m0/s1. The molecule has 1 aliphatic heterocycles. The van der Waals surface area contributed by atoms with Crippen molar-refractivity contribution in [1.82, 2.24) is 10.2 Å². The zero-order valence-corrected chi connectivity index (χ0v) is 15.0. The second kappa shape index (κ2) is 9.27. The van der Waals surface area contributed by atoms with Crippen molar-refractivity contribution in [3.05, 3.63) is 23.8 Å². The van der Waals surface area contributed by atoms with Gasteiger partial charge in [0.2, 0.25) is 5.91 Å². The van der Waals surface area contributed by atoms with Crippen molar-refractivity contribution < 1.29 is 23.8 Å². The number of carbonyl (C=O) groups is 2. The molecule has 0 radical (unpaired) electrons. The lowest BCUT2D eigenvalue weighted by atomic mass is 10.1. The number of piperazine rings is 1. The van der Waals surface area contributed by atoms with Crippen LogP contribution in [0.25, 0.3) is 0 Å². The molecule has 0 unspecified atom stereocenters. The summed E-state index contributed by atoms with van der Waals surface area (Å²) in [5.41, 5.74) is 0.906. The van der Waals surface area contributed by atoms with Crippen LogP contribution in [-0.2, 0) is 20.9 Å². The first kappa shape index (κ1) is 19.1. The van der Waals surface area contributed by atoms with Gasteiger partial charge in [0.15, 0.2) is 11.5 Å². The molecule has 0 aromatic heterocycles. The first-order chi connectivity index (χ1) is 12.1. The SMILES string of the molecule is CCCOC(=O)C[C@H]1C(=O)NCCN1Cc1cccc(OC)c1OC. The summed E-state index contributed by atoms with van der Waals surface area (Å²) in [6.07, 6.45) is 0.797. The Bertz CT molecular complexity index is 605. The van der Waals surface area contributed by atoms with E-state index in [9.17, 15) is 9.59 Å². The molecular formula is C18H26N2O5. The summed E-state index contributed by atoms with van der Waals surface area (Å²) in [7, 11) is 3.17. The summed E-state index contributed by atoms with van der Waals surface area (Å²) < 4.78 is 15.9. The van der Waals surface area contributed by atoms with Gasteiger partial charge in [-0.3, -0.25) is 14.5 Å². The van der Waals surface area contributed by atoms with Gasteiger partial charge in [-0.1, -0.05) is 19.1 Å². The topological polar surface area (TPSA) is 77.1 Å². The summed E-state index contributed by atoms with van der Waals surface area (Å²) >= 11 is 0. The highest BCUT2D eigenvalue weighted by molar-refractivity contribution is 5.87. The van der Waals surface area contributed by atoms with E-state index in [0.29, 0.717) is 37.7 Å². The molecule has 1 heterocycles. The quantitative estimate of drug-likeness (QED) is 0.713. The molecule has 7 nitrogen and oxygen atoms in total. The molecular weight excluding hydrogens is 324 g/mol. The predicted molar refractivity (Wildman–Crippen MR) is 92.6 cm³/mol. The third kappa shape index (κ3) is 4.85. The predicted octanol–water partition coefficient (Wildman–Crippen LogP) is 1.35. The average Bonchev–Trinajstić information content (AvgIpc) is 2.62. The number of rotatable bonds is 8. The number of hydrogen-bond acceptors (Lipinski definition) is 6. The zero-order valence-electron chi connectivity index (χ0n) is 15.0. The highest BCUT2D eigenvalue weighted by Gasteiger charge is 2.32. The largest absolute Gasteiger partial charge is 0.493 e. The minimum Gasteiger partial charge on any atom is -0.493 e. The molecule has 1 amide bonds. The van der Waals surface area contributed by atoms with Crippen LogP contribution in [0.15, 0.2) is 18.2 Å². The average molecular weight is 350 g/mol. The summed E-state index contributed by atoms with van der Waals surface area (Å²) in [4.78, 5) is 26.2. The summed E-state index contributed by atoms with van der Waals surface area (Å²) in [6.45, 7) is 3.99. The van der Waals surface area contributed by atoms with Crippen molar-refractivity contribution in [2.45, 2.75) is 32.4 Å². The smallest absolute Gasteiger partial charge is 0.307 e. The Hall–Kier alpha value is -2.28. The molecule has 25 heavy (non-hydrogen) atoms. The third-order valence-electron chi connectivity index (χ3n) is 4.13. The maximum absolute atomic E-state index is 12.3. The minimum absolute atomic E-state index is 0.0398.